The summed E-state index contributed by atoms with van der Waals surface area (Å²) < 4.78 is 8.35. The molecule has 3 aliphatic heterocycles. The number of nitrogens with zero attached hydrogens (tertiary/aromatic N) is 3. The Bertz CT molecular complexity index is 1300. The van der Waals surface area contributed by atoms with Gasteiger partial charge in [-0.1, -0.05) is 24.8 Å². The van der Waals surface area contributed by atoms with Crippen LogP contribution in [-0.4, -0.2) is 58.7 Å². The third-order valence-electron chi connectivity index (χ3n) is 8.20. The van der Waals surface area contributed by atoms with Gasteiger partial charge in [-0.3, -0.25) is 4.79 Å². The molecule has 4 heterocycles. The number of nitrogens with one attached hydrogen (secondary N) is 1. The third-order valence-corrected chi connectivity index (χ3v) is 8.20. The molecule has 1 saturated carbocycles. The maximum atomic E-state index is 13.3. The van der Waals surface area contributed by atoms with Crippen LogP contribution in [0.2, 0.25) is 0 Å². The highest BCUT2D eigenvalue weighted by molar-refractivity contribution is 5.97. The number of amides is 1. The zero-order valence-corrected chi connectivity index (χ0v) is 21.4. The number of benzene rings is 1. The van der Waals surface area contributed by atoms with Gasteiger partial charge >= 0.3 is 0 Å². The minimum Gasteiger partial charge on any atom is -0.375 e. The molecule has 2 saturated heterocycles. The van der Waals surface area contributed by atoms with E-state index in [0.29, 0.717) is 12.1 Å². The molecule has 188 valence electrons. The molecule has 2 aromatic rings. The lowest BCUT2D eigenvalue weighted by molar-refractivity contribution is -0.131. The van der Waals surface area contributed by atoms with Gasteiger partial charge in [0.25, 0.3) is 5.91 Å². The second-order valence-electron chi connectivity index (χ2n) is 10.6. The van der Waals surface area contributed by atoms with Gasteiger partial charge in [-0.25, -0.2) is 0 Å². The number of carbonyl (C=O) groups is 1. The molecule has 6 rings (SSSR count). The van der Waals surface area contributed by atoms with Gasteiger partial charge in [0.2, 0.25) is 0 Å². The van der Waals surface area contributed by atoms with Crippen molar-refractivity contribution in [1.82, 2.24) is 19.7 Å². The monoisotopic (exact) mass is 484 g/mol. The fourth-order valence-corrected chi connectivity index (χ4v) is 5.80. The Morgan fingerprint density at radius 3 is 2.83 bits per heavy atom. The summed E-state index contributed by atoms with van der Waals surface area (Å²) in [5, 5.41) is 4.79. The average Bonchev–Trinajstić information content (AvgIpc) is 3.66. The third kappa shape index (κ3) is 4.33. The van der Waals surface area contributed by atoms with E-state index in [9.17, 15) is 4.79 Å². The van der Waals surface area contributed by atoms with Crippen LogP contribution < -0.4 is 5.32 Å². The summed E-state index contributed by atoms with van der Waals surface area (Å²) in [4.78, 5) is 17.4. The molecule has 0 bridgehead atoms. The average molecular weight is 485 g/mol. The maximum absolute atomic E-state index is 13.3. The van der Waals surface area contributed by atoms with Gasteiger partial charge in [-0.15, -0.1) is 0 Å². The number of likely N-dealkylation sites (tertiary alicyclic amines) is 1. The zero-order valence-electron chi connectivity index (χ0n) is 21.4. The predicted octanol–water partition coefficient (Wildman–Crippen LogP) is 4.66. The Morgan fingerprint density at radius 1 is 1.19 bits per heavy atom. The van der Waals surface area contributed by atoms with E-state index in [-0.39, 0.29) is 18.1 Å². The number of carbonyl (C=O) groups excluding carboxylic acids is 1. The zero-order chi connectivity index (χ0) is 24.8. The lowest BCUT2D eigenvalue weighted by atomic mass is 9.99. The van der Waals surface area contributed by atoms with Crippen molar-refractivity contribution in [3.63, 3.8) is 0 Å². The van der Waals surface area contributed by atoms with Gasteiger partial charge in [0.05, 0.1) is 18.8 Å². The molecule has 3 fully saturated rings. The van der Waals surface area contributed by atoms with Crippen molar-refractivity contribution in [3.05, 3.63) is 77.9 Å². The summed E-state index contributed by atoms with van der Waals surface area (Å²) in [5.41, 5.74) is 6.43. The molecule has 1 N–H and O–H groups in total. The van der Waals surface area contributed by atoms with Crippen LogP contribution in [0.1, 0.15) is 38.8 Å². The van der Waals surface area contributed by atoms with Gasteiger partial charge in [0.1, 0.15) is 0 Å². The molecular weight excluding hydrogens is 448 g/mol. The summed E-state index contributed by atoms with van der Waals surface area (Å²) in [7, 11) is 0. The quantitative estimate of drug-likeness (QED) is 0.671. The van der Waals surface area contributed by atoms with Crippen LogP contribution in [0.15, 0.2) is 72.2 Å². The van der Waals surface area contributed by atoms with Crippen molar-refractivity contribution in [2.24, 2.45) is 5.92 Å². The number of hydrogen-bond acceptors (Lipinski definition) is 4. The number of morpholine rings is 1. The van der Waals surface area contributed by atoms with Crippen LogP contribution in [0.3, 0.4) is 0 Å². The lowest BCUT2D eigenvalue weighted by Gasteiger charge is -2.41. The molecule has 1 aromatic heterocycles. The molecule has 2 atom stereocenters. The van der Waals surface area contributed by atoms with Gasteiger partial charge < -0.3 is 24.4 Å². The van der Waals surface area contributed by atoms with E-state index < -0.39 is 0 Å². The van der Waals surface area contributed by atoms with Gasteiger partial charge in [-0.05, 0) is 68.9 Å². The maximum Gasteiger partial charge on any atom is 0.254 e. The molecule has 0 radical (unpaired) electrons. The smallest absolute Gasteiger partial charge is 0.254 e. The Balaban J connectivity index is 1.22. The Labute approximate surface area is 213 Å². The number of ether oxygens (including phenoxy) is 1. The topological polar surface area (TPSA) is 49.7 Å². The molecule has 4 aliphatic rings. The van der Waals surface area contributed by atoms with Gasteiger partial charge in [0, 0.05) is 65.9 Å². The molecule has 1 aromatic carbocycles. The number of hydrogen-bond donors (Lipinski definition) is 1. The Kier molecular flexibility index (Phi) is 6.10. The number of para-hydroxylation sites is 1. The first-order valence-corrected chi connectivity index (χ1v) is 13.3. The first-order valence-electron chi connectivity index (χ1n) is 13.3. The fourth-order valence-electron chi connectivity index (χ4n) is 5.80. The van der Waals surface area contributed by atoms with Crippen molar-refractivity contribution in [2.75, 3.05) is 26.2 Å². The summed E-state index contributed by atoms with van der Waals surface area (Å²) in [6.07, 6.45) is 9.60. The van der Waals surface area contributed by atoms with E-state index in [1.54, 1.807) is 0 Å². The summed E-state index contributed by atoms with van der Waals surface area (Å²) >= 11 is 0. The van der Waals surface area contributed by atoms with Crippen molar-refractivity contribution in [1.29, 1.82) is 0 Å². The van der Waals surface area contributed by atoms with E-state index >= 15 is 0 Å². The van der Waals surface area contributed by atoms with Crippen molar-refractivity contribution >= 4 is 22.4 Å². The van der Waals surface area contributed by atoms with E-state index in [1.807, 2.05) is 23.3 Å². The number of fused-ring (bicyclic) bond motifs is 2. The fraction of sp³-hybridized carbons (Fsp3) is 0.433. The first kappa shape index (κ1) is 23.3. The van der Waals surface area contributed by atoms with Gasteiger partial charge in [0.15, 0.2) is 0 Å². The SMILES string of the molecule is C=C1C=C(C(=O)N2CCC3OCCNC3C2)C=CN1/C(C)=C(\C)c1cc2ccccc2n1CC1CC1. The highest BCUT2D eigenvalue weighted by Gasteiger charge is 2.34. The normalized spacial score (nSPS) is 25.1. The van der Waals surface area contributed by atoms with Crippen molar-refractivity contribution in [3.8, 4) is 0 Å². The highest BCUT2D eigenvalue weighted by atomic mass is 16.5. The van der Waals surface area contributed by atoms with E-state index in [2.05, 4.69) is 65.5 Å². The molecular formula is C30H36N4O2. The molecule has 36 heavy (non-hydrogen) atoms. The minimum absolute atomic E-state index is 0.0702. The second-order valence-corrected chi connectivity index (χ2v) is 10.6. The minimum atomic E-state index is 0.0702. The van der Waals surface area contributed by atoms with Gasteiger partial charge in [-0.2, -0.15) is 0 Å². The standard InChI is InChI=1S/C30H36N4O2/c1-20-16-25(30(35)32-13-11-29-26(19-32)31-12-15-36-29)10-14-33(20)22(3)21(2)28-17-24-6-4-5-7-27(24)34(28)18-23-8-9-23/h4-7,10,14,16-17,23,26,29,31H,1,8-9,11-13,15,18-19H2,2-3H3/b22-21+. The Morgan fingerprint density at radius 2 is 2.03 bits per heavy atom. The van der Waals surface area contributed by atoms with E-state index in [1.165, 1.54) is 35.0 Å². The molecule has 2 unspecified atom stereocenters. The highest BCUT2D eigenvalue weighted by Crippen LogP contribution is 2.36. The predicted molar refractivity (Wildman–Crippen MR) is 144 cm³/mol. The van der Waals surface area contributed by atoms with Crippen LogP contribution in [0.4, 0.5) is 0 Å². The van der Waals surface area contributed by atoms with E-state index in [0.717, 1.165) is 50.0 Å². The number of allylic oxidation sites excluding steroid dienone is 3. The number of rotatable bonds is 5. The molecule has 1 amide bonds. The van der Waals surface area contributed by atoms with Crippen LogP contribution in [0.25, 0.3) is 16.5 Å². The summed E-state index contributed by atoms with van der Waals surface area (Å²) in [5.74, 6) is 0.857. The first-order chi connectivity index (χ1) is 17.5. The van der Waals surface area contributed by atoms with Crippen LogP contribution in [-0.2, 0) is 16.1 Å². The number of piperidine rings is 1. The van der Waals surface area contributed by atoms with Crippen LogP contribution in [0.5, 0.6) is 0 Å². The molecule has 0 spiro atoms. The molecule has 6 heteroatoms. The largest absolute Gasteiger partial charge is 0.375 e. The van der Waals surface area contributed by atoms with Crippen molar-refractivity contribution < 1.29 is 9.53 Å². The summed E-state index contributed by atoms with van der Waals surface area (Å²) in [6, 6.07) is 11.2. The number of aromatic nitrogens is 1. The summed E-state index contributed by atoms with van der Waals surface area (Å²) in [6.45, 7) is 12.7. The van der Waals surface area contributed by atoms with Crippen LogP contribution in [0, 0.1) is 5.92 Å². The van der Waals surface area contributed by atoms with Crippen molar-refractivity contribution in [2.45, 2.75) is 51.8 Å². The lowest BCUT2D eigenvalue weighted by Crippen LogP contribution is -2.59. The Hall–Kier alpha value is -3.09. The van der Waals surface area contributed by atoms with Crippen LogP contribution >= 0.6 is 0 Å². The molecule has 6 nitrogen and oxygen atoms in total. The molecule has 1 aliphatic carbocycles. The van der Waals surface area contributed by atoms with E-state index in [4.69, 9.17) is 4.74 Å². The second kappa shape index (κ2) is 9.41.